The van der Waals surface area contributed by atoms with Crippen molar-refractivity contribution in [3.8, 4) is 0 Å². The Hall–Kier alpha value is -1.28. The topological polar surface area (TPSA) is 82.5 Å². The van der Waals surface area contributed by atoms with E-state index in [0.717, 1.165) is 35.9 Å². The van der Waals surface area contributed by atoms with E-state index in [0.29, 0.717) is 17.0 Å². The number of aliphatic carboxylic acids is 1. The van der Waals surface area contributed by atoms with Crippen molar-refractivity contribution in [1.82, 2.24) is 9.88 Å². The Morgan fingerprint density at radius 1 is 1.29 bits per heavy atom. The van der Waals surface area contributed by atoms with Crippen LogP contribution in [0, 0.1) is 17.8 Å². The van der Waals surface area contributed by atoms with Crippen LogP contribution in [0.2, 0.25) is 0 Å². The first-order valence-electron chi connectivity index (χ1n) is 10.1. The molecule has 1 aliphatic carbocycles. The van der Waals surface area contributed by atoms with E-state index < -0.39 is 5.97 Å². The van der Waals surface area contributed by atoms with Crippen LogP contribution < -0.4 is 5.32 Å². The number of thioether (sulfide) groups is 1. The lowest BCUT2D eigenvalue weighted by Gasteiger charge is -2.38. The zero-order valence-corrected chi connectivity index (χ0v) is 18.9. The van der Waals surface area contributed by atoms with E-state index in [2.05, 4.69) is 38.0 Å². The van der Waals surface area contributed by atoms with Gasteiger partial charge in [0.05, 0.1) is 16.2 Å². The maximum Gasteiger partial charge on any atom is 0.323 e. The molecule has 1 aliphatic rings. The molecule has 8 heteroatoms. The normalized spacial score (nSPS) is 19.8. The molecule has 0 bridgehead atoms. The second-order valence-electron chi connectivity index (χ2n) is 8.29. The Morgan fingerprint density at radius 2 is 1.96 bits per heavy atom. The number of anilines is 1. The molecule has 2 N–H and O–H groups in total. The van der Waals surface area contributed by atoms with Crippen molar-refractivity contribution in [2.24, 2.45) is 17.8 Å². The average Bonchev–Trinajstić information content (AvgIpc) is 3.07. The Kier molecular flexibility index (Phi) is 9.08. The maximum atomic E-state index is 13.0. The van der Waals surface area contributed by atoms with Gasteiger partial charge in [-0.1, -0.05) is 39.0 Å². The lowest BCUT2D eigenvalue weighted by atomic mass is 9.79. The number of rotatable bonds is 9. The molecule has 2 amide bonds. The molecule has 6 nitrogen and oxygen atoms in total. The van der Waals surface area contributed by atoms with Gasteiger partial charge < -0.3 is 10.0 Å². The van der Waals surface area contributed by atoms with Crippen LogP contribution >= 0.6 is 23.1 Å². The lowest BCUT2D eigenvalue weighted by Crippen LogP contribution is -2.45. The van der Waals surface area contributed by atoms with Crippen molar-refractivity contribution in [1.29, 1.82) is 0 Å². The van der Waals surface area contributed by atoms with Crippen LogP contribution in [0.4, 0.5) is 9.93 Å². The highest BCUT2D eigenvalue weighted by molar-refractivity contribution is 8.01. The van der Waals surface area contributed by atoms with Crippen LogP contribution in [0.5, 0.6) is 0 Å². The monoisotopic (exact) mass is 427 g/mol. The summed E-state index contributed by atoms with van der Waals surface area (Å²) in [7, 11) is 0. The molecule has 1 aromatic rings. The highest BCUT2D eigenvalue weighted by Crippen LogP contribution is 2.33. The summed E-state index contributed by atoms with van der Waals surface area (Å²) in [5.74, 6) is 1.15. The Morgan fingerprint density at radius 3 is 2.54 bits per heavy atom. The fraction of sp³-hybridized carbons (Fsp3) is 0.750. The van der Waals surface area contributed by atoms with Crippen molar-refractivity contribution in [2.75, 3.05) is 17.6 Å². The van der Waals surface area contributed by atoms with Crippen LogP contribution in [0.25, 0.3) is 0 Å². The van der Waals surface area contributed by atoms with Gasteiger partial charge in [-0.2, -0.15) is 0 Å². The van der Waals surface area contributed by atoms with Gasteiger partial charge in [-0.05, 0) is 49.9 Å². The molecule has 1 heterocycles. The molecule has 1 saturated carbocycles. The Labute approximate surface area is 176 Å². The molecule has 0 radical (unpaired) electrons. The first-order chi connectivity index (χ1) is 13.3. The number of nitrogens with one attached hydrogen (secondary N) is 1. The molecule has 0 aromatic carbocycles. The molecule has 1 aromatic heterocycles. The van der Waals surface area contributed by atoms with Gasteiger partial charge in [0, 0.05) is 12.6 Å². The van der Waals surface area contributed by atoms with Gasteiger partial charge in [-0.3, -0.25) is 10.1 Å². The molecule has 0 atom stereocenters. The molecular formula is C20H33N3O3S2. The number of carbonyl (C=O) groups excluding carboxylic acids is 1. The maximum absolute atomic E-state index is 13.0. The quantitative estimate of drug-likeness (QED) is 0.515. The zero-order chi connectivity index (χ0) is 20.7. The van der Waals surface area contributed by atoms with Crippen molar-refractivity contribution in [3.63, 3.8) is 0 Å². The number of amides is 2. The average molecular weight is 428 g/mol. The van der Waals surface area contributed by atoms with E-state index in [9.17, 15) is 9.59 Å². The van der Waals surface area contributed by atoms with Crippen LogP contribution in [0.1, 0.15) is 59.8 Å². The number of urea groups is 1. The number of carbonyl (C=O) groups is 2. The summed E-state index contributed by atoms with van der Waals surface area (Å²) in [6.45, 7) is 9.69. The van der Waals surface area contributed by atoms with E-state index in [4.69, 9.17) is 5.11 Å². The molecule has 2 rings (SSSR count). The van der Waals surface area contributed by atoms with E-state index in [1.807, 2.05) is 4.90 Å². The van der Waals surface area contributed by atoms with E-state index in [1.165, 1.54) is 35.9 Å². The number of hydrogen-bond donors (Lipinski definition) is 2. The van der Waals surface area contributed by atoms with Crippen LogP contribution in [-0.2, 0) is 4.79 Å². The smallest absolute Gasteiger partial charge is 0.323 e. The Balaban J connectivity index is 1.98. The van der Waals surface area contributed by atoms with Gasteiger partial charge in [0.2, 0.25) is 0 Å². The molecule has 0 spiro atoms. The fourth-order valence-electron chi connectivity index (χ4n) is 3.61. The van der Waals surface area contributed by atoms with Gasteiger partial charge >= 0.3 is 12.0 Å². The number of carboxylic acid groups (broad SMARTS) is 1. The summed E-state index contributed by atoms with van der Waals surface area (Å²) in [5.41, 5.74) is 0. The van der Waals surface area contributed by atoms with Crippen molar-refractivity contribution in [3.05, 3.63) is 6.20 Å². The number of carboxylic acids is 1. The summed E-state index contributed by atoms with van der Waals surface area (Å²) in [6.07, 6.45) is 7.09. The second-order valence-corrected chi connectivity index (χ2v) is 10.6. The van der Waals surface area contributed by atoms with Crippen LogP contribution in [-0.4, -0.2) is 45.3 Å². The number of aromatic nitrogens is 1. The highest BCUT2D eigenvalue weighted by Gasteiger charge is 2.30. The van der Waals surface area contributed by atoms with Crippen LogP contribution in [0.3, 0.4) is 0 Å². The Bertz CT molecular complexity index is 640. The summed E-state index contributed by atoms with van der Waals surface area (Å²) in [4.78, 5) is 29.9. The van der Waals surface area contributed by atoms with E-state index in [1.54, 1.807) is 6.20 Å². The van der Waals surface area contributed by atoms with Gasteiger partial charge in [0.25, 0.3) is 0 Å². The minimum atomic E-state index is -0.860. The minimum Gasteiger partial charge on any atom is -0.481 e. The second kappa shape index (κ2) is 11.0. The molecule has 0 saturated heterocycles. The third-order valence-corrected chi connectivity index (χ3v) is 7.46. The SMILES string of the molecule is CC(C)CCN(C(=O)Nc1ncc(SCC(=O)O)s1)[C@H]1CC[C@H](C(C)C)CC1. The van der Waals surface area contributed by atoms with Crippen molar-refractivity contribution < 1.29 is 14.7 Å². The summed E-state index contributed by atoms with van der Waals surface area (Å²) >= 11 is 2.55. The van der Waals surface area contributed by atoms with E-state index in [-0.39, 0.29) is 17.8 Å². The number of nitrogens with zero attached hydrogens (tertiary/aromatic N) is 2. The molecule has 0 unspecified atom stereocenters. The fourth-order valence-corrected chi connectivity index (χ4v) is 5.19. The third kappa shape index (κ3) is 7.28. The van der Waals surface area contributed by atoms with Gasteiger partial charge in [-0.25, -0.2) is 9.78 Å². The van der Waals surface area contributed by atoms with Gasteiger partial charge in [-0.15, -0.1) is 11.8 Å². The number of hydrogen-bond acceptors (Lipinski definition) is 5. The van der Waals surface area contributed by atoms with Crippen molar-refractivity contribution >= 4 is 40.2 Å². The molecule has 28 heavy (non-hydrogen) atoms. The van der Waals surface area contributed by atoms with Crippen molar-refractivity contribution in [2.45, 2.75) is 70.1 Å². The third-order valence-electron chi connectivity index (χ3n) is 5.37. The molecule has 1 fully saturated rings. The predicted molar refractivity (Wildman–Crippen MR) is 116 cm³/mol. The largest absolute Gasteiger partial charge is 0.481 e. The lowest BCUT2D eigenvalue weighted by molar-refractivity contribution is -0.133. The van der Waals surface area contributed by atoms with Gasteiger partial charge in [0.1, 0.15) is 0 Å². The first-order valence-corrected chi connectivity index (χ1v) is 11.9. The molecule has 158 valence electrons. The minimum absolute atomic E-state index is 0.00478. The summed E-state index contributed by atoms with van der Waals surface area (Å²) in [6, 6.07) is 0.201. The van der Waals surface area contributed by atoms with E-state index >= 15 is 0 Å². The standard InChI is InChI=1S/C20H33N3O3S2/c1-13(2)9-10-23(16-7-5-15(6-8-16)14(3)4)20(26)22-19-21-11-18(28-19)27-12-17(24)25/h11,13-16H,5-10,12H2,1-4H3,(H,24,25)(H,21,22,26)/t15-,16-. The van der Waals surface area contributed by atoms with Crippen LogP contribution in [0.15, 0.2) is 10.4 Å². The van der Waals surface area contributed by atoms with Gasteiger partial charge in [0.15, 0.2) is 5.13 Å². The zero-order valence-electron chi connectivity index (χ0n) is 17.3. The number of thiazole rings is 1. The summed E-state index contributed by atoms with van der Waals surface area (Å²) < 4.78 is 0.795. The first kappa shape index (κ1) is 23.0. The highest BCUT2D eigenvalue weighted by atomic mass is 32.2. The summed E-state index contributed by atoms with van der Waals surface area (Å²) in [5, 5.41) is 12.3. The molecular weight excluding hydrogens is 394 g/mol. The molecule has 0 aliphatic heterocycles. The predicted octanol–water partition coefficient (Wildman–Crippen LogP) is 5.41.